The van der Waals surface area contributed by atoms with E-state index in [1.807, 2.05) is 17.5 Å². The van der Waals surface area contributed by atoms with Gasteiger partial charge in [0.2, 0.25) is 11.8 Å². The first-order valence-electron chi connectivity index (χ1n) is 9.64. The molecule has 0 saturated heterocycles. The van der Waals surface area contributed by atoms with Crippen molar-refractivity contribution in [3.63, 3.8) is 0 Å². The molecular weight excluding hydrogens is 424 g/mol. The Bertz CT molecular complexity index is 993. The third-order valence-corrected chi connectivity index (χ3v) is 7.64. The Kier molecular flexibility index (Phi) is 6.37. The predicted molar refractivity (Wildman–Crippen MR) is 119 cm³/mol. The highest BCUT2D eigenvalue weighted by atomic mass is 32.1. The van der Waals surface area contributed by atoms with Gasteiger partial charge in [-0.05, 0) is 36.6 Å². The fraction of sp³-hybridized carbons (Fsp3) is 0.400. The molecule has 0 spiro atoms. The molecule has 152 valence electrons. The molecule has 0 bridgehead atoms. The number of anilines is 2. The van der Waals surface area contributed by atoms with Gasteiger partial charge >= 0.3 is 0 Å². The molecule has 29 heavy (non-hydrogen) atoms. The molecule has 1 atom stereocenters. The second-order valence-electron chi connectivity index (χ2n) is 7.08. The molecule has 3 aromatic rings. The zero-order valence-electron chi connectivity index (χ0n) is 16.1. The van der Waals surface area contributed by atoms with Gasteiger partial charge in [0, 0.05) is 15.1 Å². The maximum absolute atomic E-state index is 12.4. The van der Waals surface area contributed by atoms with E-state index in [0.717, 1.165) is 29.3 Å². The number of hydrogen-bond acceptors (Lipinski definition) is 7. The van der Waals surface area contributed by atoms with Gasteiger partial charge in [0.05, 0.1) is 24.2 Å². The van der Waals surface area contributed by atoms with Crippen LogP contribution in [0.15, 0.2) is 22.9 Å². The molecule has 3 heterocycles. The molecule has 1 unspecified atom stereocenters. The highest BCUT2D eigenvalue weighted by Crippen LogP contribution is 2.33. The summed E-state index contributed by atoms with van der Waals surface area (Å²) in [6.45, 7) is 2.23. The van der Waals surface area contributed by atoms with Crippen molar-refractivity contribution in [2.75, 3.05) is 10.6 Å². The van der Waals surface area contributed by atoms with Crippen LogP contribution in [0.2, 0.25) is 0 Å². The van der Waals surface area contributed by atoms with Gasteiger partial charge in [0.25, 0.3) is 0 Å². The van der Waals surface area contributed by atoms with E-state index in [2.05, 4.69) is 27.5 Å². The van der Waals surface area contributed by atoms with E-state index < -0.39 is 0 Å². The Hall–Kier alpha value is -2.10. The van der Waals surface area contributed by atoms with Crippen LogP contribution in [0.3, 0.4) is 0 Å². The van der Waals surface area contributed by atoms with Crippen molar-refractivity contribution in [1.29, 1.82) is 0 Å². The second-order valence-corrected chi connectivity index (χ2v) is 10.1. The Morgan fingerprint density at radius 2 is 1.97 bits per heavy atom. The summed E-state index contributed by atoms with van der Waals surface area (Å²) in [5.74, 6) is 0.497. The number of amides is 2. The largest absolute Gasteiger partial charge is 0.302 e. The standard InChI is InChI=1S/C20H22N4O2S3/c1-2-12-5-6-15-16(8-12)29-20(22-15)24-17(25)9-13-11-28-19(21-13)23-18(26)10-14-4-3-7-27-14/h3-4,7,11-12H,2,5-6,8-10H2,1H3,(H,21,23,26)(H,22,24,25). The summed E-state index contributed by atoms with van der Waals surface area (Å²) in [5, 5.41) is 10.7. The quantitative estimate of drug-likeness (QED) is 0.558. The monoisotopic (exact) mass is 446 g/mol. The summed E-state index contributed by atoms with van der Waals surface area (Å²) < 4.78 is 0. The Balaban J connectivity index is 1.29. The maximum atomic E-state index is 12.4. The van der Waals surface area contributed by atoms with Gasteiger partial charge in [-0.1, -0.05) is 19.4 Å². The normalized spacial score (nSPS) is 15.7. The van der Waals surface area contributed by atoms with Gasteiger partial charge in [-0.3, -0.25) is 9.59 Å². The summed E-state index contributed by atoms with van der Waals surface area (Å²) >= 11 is 4.47. The van der Waals surface area contributed by atoms with Crippen molar-refractivity contribution < 1.29 is 9.59 Å². The van der Waals surface area contributed by atoms with Crippen molar-refractivity contribution in [3.05, 3.63) is 44.0 Å². The van der Waals surface area contributed by atoms with Crippen LogP contribution in [0.5, 0.6) is 0 Å². The molecule has 1 aliphatic carbocycles. The SMILES string of the molecule is CCC1CCc2nc(NC(=O)Cc3csc(NC(=O)Cc4cccs4)n3)sc2C1. The van der Waals surface area contributed by atoms with Crippen molar-refractivity contribution in [1.82, 2.24) is 9.97 Å². The molecule has 0 radical (unpaired) electrons. The van der Waals surface area contributed by atoms with Crippen LogP contribution in [-0.2, 0) is 35.3 Å². The predicted octanol–water partition coefficient (Wildman–Crippen LogP) is 4.54. The summed E-state index contributed by atoms with van der Waals surface area (Å²) in [4.78, 5) is 35.7. The van der Waals surface area contributed by atoms with E-state index in [1.165, 1.54) is 29.1 Å². The van der Waals surface area contributed by atoms with E-state index in [4.69, 9.17) is 0 Å². The third-order valence-electron chi connectivity index (χ3n) is 4.92. The van der Waals surface area contributed by atoms with Crippen molar-refractivity contribution in [3.8, 4) is 0 Å². The van der Waals surface area contributed by atoms with Crippen molar-refractivity contribution >= 4 is 56.1 Å². The highest BCUT2D eigenvalue weighted by Gasteiger charge is 2.22. The molecular formula is C20H22N4O2S3. The smallest absolute Gasteiger partial charge is 0.232 e. The van der Waals surface area contributed by atoms with E-state index in [-0.39, 0.29) is 18.2 Å². The first kappa shape index (κ1) is 20.2. The first-order chi connectivity index (χ1) is 14.1. The molecule has 2 N–H and O–H groups in total. The van der Waals surface area contributed by atoms with Gasteiger partial charge in [-0.2, -0.15) is 0 Å². The van der Waals surface area contributed by atoms with Gasteiger partial charge in [0.15, 0.2) is 10.3 Å². The molecule has 9 heteroatoms. The van der Waals surface area contributed by atoms with E-state index in [0.29, 0.717) is 22.4 Å². The lowest BCUT2D eigenvalue weighted by molar-refractivity contribution is -0.116. The topological polar surface area (TPSA) is 84.0 Å². The molecule has 0 saturated carbocycles. The third kappa shape index (κ3) is 5.29. The number of aromatic nitrogens is 2. The number of nitrogens with one attached hydrogen (secondary N) is 2. The number of carbonyl (C=O) groups excluding carboxylic acids is 2. The van der Waals surface area contributed by atoms with Crippen LogP contribution in [-0.4, -0.2) is 21.8 Å². The average molecular weight is 447 g/mol. The lowest BCUT2D eigenvalue weighted by atomic mass is 9.89. The van der Waals surface area contributed by atoms with Crippen LogP contribution in [0.25, 0.3) is 0 Å². The summed E-state index contributed by atoms with van der Waals surface area (Å²) in [5.41, 5.74) is 1.78. The van der Waals surface area contributed by atoms with Crippen LogP contribution in [0, 0.1) is 5.92 Å². The number of rotatable bonds is 7. The van der Waals surface area contributed by atoms with E-state index >= 15 is 0 Å². The first-order valence-corrected chi connectivity index (χ1v) is 12.2. The fourth-order valence-corrected chi connectivity index (χ4v) is 5.92. The number of thiophene rings is 1. The summed E-state index contributed by atoms with van der Waals surface area (Å²) in [6.07, 6.45) is 4.94. The number of thiazole rings is 2. The minimum atomic E-state index is -0.134. The molecule has 2 amide bonds. The zero-order chi connectivity index (χ0) is 20.2. The zero-order valence-corrected chi connectivity index (χ0v) is 18.5. The molecule has 0 aliphatic heterocycles. The van der Waals surface area contributed by atoms with Crippen molar-refractivity contribution in [2.24, 2.45) is 5.92 Å². The molecule has 4 rings (SSSR count). The van der Waals surface area contributed by atoms with Gasteiger partial charge in [-0.25, -0.2) is 9.97 Å². The Morgan fingerprint density at radius 1 is 1.14 bits per heavy atom. The average Bonchev–Trinajstić information content (AvgIpc) is 3.42. The molecule has 0 fully saturated rings. The number of hydrogen-bond donors (Lipinski definition) is 2. The van der Waals surface area contributed by atoms with E-state index in [1.54, 1.807) is 28.1 Å². The van der Waals surface area contributed by atoms with E-state index in [9.17, 15) is 9.59 Å². The lowest BCUT2D eigenvalue weighted by Gasteiger charge is -2.18. The maximum Gasteiger partial charge on any atom is 0.232 e. The lowest BCUT2D eigenvalue weighted by Crippen LogP contribution is -2.15. The van der Waals surface area contributed by atoms with Gasteiger partial charge in [-0.15, -0.1) is 34.0 Å². The van der Waals surface area contributed by atoms with Gasteiger partial charge < -0.3 is 10.6 Å². The minimum absolute atomic E-state index is 0.100. The summed E-state index contributed by atoms with van der Waals surface area (Å²) in [7, 11) is 0. The summed E-state index contributed by atoms with van der Waals surface area (Å²) in [6, 6.07) is 3.86. The number of fused-ring (bicyclic) bond motifs is 1. The van der Waals surface area contributed by atoms with Crippen LogP contribution < -0.4 is 10.6 Å². The molecule has 1 aliphatic rings. The van der Waals surface area contributed by atoms with Crippen LogP contribution in [0.4, 0.5) is 10.3 Å². The number of aryl methyl sites for hydroxylation is 1. The molecule has 3 aromatic heterocycles. The highest BCUT2D eigenvalue weighted by molar-refractivity contribution is 7.16. The Morgan fingerprint density at radius 3 is 2.76 bits per heavy atom. The fourth-order valence-electron chi connectivity index (χ4n) is 3.35. The number of carbonyl (C=O) groups is 2. The van der Waals surface area contributed by atoms with Crippen LogP contribution >= 0.6 is 34.0 Å². The molecule has 6 nitrogen and oxygen atoms in total. The Labute approximate surface area is 181 Å². The molecule has 0 aromatic carbocycles. The number of nitrogens with zero attached hydrogens (tertiary/aromatic N) is 2. The van der Waals surface area contributed by atoms with Crippen LogP contribution in [0.1, 0.15) is 40.9 Å². The second kappa shape index (κ2) is 9.15. The minimum Gasteiger partial charge on any atom is -0.302 e. The van der Waals surface area contributed by atoms with Gasteiger partial charge in [0.1, 0.15) is 0 Å². The van der Waals surface area contributed by atoms with Crippen molar-refractivity contribution in [2.45, 2.75) is 45.4 Å².